The van der Waals surface area contributed by atoms with Gasteiger partial charge in [-0.05, 0) is 44.5 Å². The van der Waals surface area contributed by atoms with Crippen LogP contribution in [0.2, 0.25) is 0 Å². The molecule has 0 amide bonds. The van der Waals surface area contributed by atoms with E-state index in [0.717, 1.165) is 17.9 Å². The van der Waals surface area contributed by atoms with Gasteiger partial charge in [0.05, 0.1) is 0 Å². The summed E-state index contributed by atoms with van der Waals surface area (Å²) < 4.78 is 13.7. The summed E-state index contributed by atoms with van der Waals surface area (Å²) in [6.07, 6.45) is 3.37. The number of benzene rings is 2. The average Bonchev–Trinajstić information content (AvgIpc) is 2.55. The fraction of sp³-hybridized carbons (Fsp3) is 0.250. The van der Waals surface area contributed by atoms with Gasteiger partial charge in [0, 0.05) is 30.9 Å². The summed E-state index contributed by atoms with van der Waals surface area (Å²) in [5, 5.41) is 0. The van der Waals surface area contributed by atoms with Gasteiger partial charge in [0.1, 0.15) is 11.7 Å². The predicted octanol–water partition coefficient (Wildman–Crippen LogP) is 4.81. The SMILES string of the molecule is CCN(C)C(=NC=Cc1ccccc1F)c1cc(C)ccc1C. The van der Waals surface area contributed by atoms with Crippen molar-refractivity contribution in [2.24, 2.45) is 4.99 Å². The Balaban J connectivity index is 2.39. The van der Waals surface area contributed by atoms with Crippen molar-refractivity contribution < 1.29 is 4.39 Å². The van der Waals surface area contributed by atoms with Gasteiger partial charge in [-0.1, -0.05) is 35.9 Å². The van der Waals surface area contributed by atoms with Crippen LogP contribution >= 0.6 is 0 Å². The van der Waals surface area contributed by atoms with E-state index in [1.165, 1.54) is 17.2 Å². The van der Waals surface area contributed by atoms with Crippen molar-refractivity contribution in [3.05, 3.63) is 76.7 Å². The van der Waals surface area contributed by atoms with Crippen LogP contribution in [-0.2, 0) is 0 Å². The molecule has 2 aromatic rings. The van der Waals surface area contributed by atoms with Crippen LogP contribution in [-0.4, -0.2) is 24.3 Å². The van der Waals surface area contributed by atoms with E-state index in [1.54, 1.807) is 24.4 Å². The highest BCUT2D eigenvalue weighted by atomic mass is 19.1. The standard InChI is InChI=1S/C20H23FN2/c1-5-23(4)20(18-14-15(2)10-11-16(18)3)22-13-12-17-8-6-7-9-19(17)21/h6-14H,5H2,1-4H3. The normalized spacial score (nSPS) is 12.0. The molecule has 3 heteroatoms. The molecule has 2 nitrogen and oxygen atoms in total. The van der Waals surface area contributed by atoms with Gasteiger partial charge in [-0.15, -0.1) is 0 Å². The smallest absolute Gasteiger partial charge is 0.135 e. The molecule has 0 aliphatic rings. The summed E-state index contributed by atoms with van der Waals surface area (Å²) >= 11 is 0. The second kappa shape index (κ2) is 7.73. The van der Waals surface area contributed by atoms with Crippen molar-refractivity contribution in [1.82, 2.24) is 4.90 Å². The lowest BCUT2D eigenvalue weighted by Crippen LogP contribution is -2.27. The Morgan fingerprint density at radius 3 is 2.61 bits per heavy atom. The largest absolute Gasteiger partial charge is 0.359 e. The van der Waals surface area contributed by atoms with Crippen LogP contribution < -0.4 is 0 Å². The third kappa shape index (κ3) is 4.28. The summed E-state index contributed by atoms with van der Waals surface area (Å²) in [5.41, 5.74) is 4.01. The Bertz CT molecular complexity index is 732. The third-order valence-corrected chi connectivity index (χ3v) is 3.83. The molecule has 120 valence electrons. The Hall–Kier alpha value is -2.42. The van der Waals surface area contributed by atoms with Crippen LogP contribution in [0.15, 0.2) is 53.7 Å². The molecule has 2 rings (SSSR count). The van der Waals surface area contributed by atoms with Gasteiger partial charge in [0.2, 0.25) is 0 Å². The molecule has 0 saturated carbocycles. The molecule has 0 aliphatic heterocycles. The van der Waals surface area contributed by atoms with Gasteiger partial charge in [-0.3, -0.25) is 0 Å². The van der Waals surface area contributed by atoms with Crippen LogP contribution in [0.1, 0.15) is 29.2 Å². The van der Waals surface area contributed by atoms with E-state index in [9.17, 15) is 4.39 Å². The van der Waals surface area contributed by atoms with Gasteiger partial charge in [-0.2, -0.15) is 0 Å². The molecule has 0 fully saturated rings. The summed E-state index contributed by atoms with van der Waals surface area (Å²) in [7, 11) is 2.01. The van der Waals surface area contributed by atoms with Crippen molar-refractivity contribution in [2.75, 3.05) is 13.6 Å². The second-order valence-electron chi connectivity index (χ2n) is 5.62. The van der Waals surface area contributed by atoms with Crippen LogP contribution in [0.3, 0.4) is 0 Å². The van der Waals surface area contributed by atoms with Crippen LogP contribution in [0, 0.1) is 19.7 Å². The maximum absolute atomic E-state index is 13.7. The molecule has 0 radical (unpaired) electrons. The zero-order chi connectivity index (χ0) is 16.8. The summed E-state index contributed by atoms with van der Waals surface area (Å²) in [6, 6.07) is 13.0. The van der Waals surface area contributed by atoms with Crippen molar-refractivity contribution >= 4 is 11.9 Å². The number of amidine groups is 1. The molecule has 0 N–H and O–H groups in total. The molecule has 0 bridgehead atoms. The van der Waals surface area contributed by atoms with Gasteiger partial charge >= 0.3 is 0 Å². The Kier molecular flexibility index (Phi) is 5.69. The van der Waals surface area contributed by atoms with Crippen molar-refractivity contribution in [3.8, 4) is 0 Å². The monoisotopic (exact) mass is 310 g/mol. The molecule has 0 unspecified atom stereocenters. The van der Waals surface area contributed by atoms with E-state index >= 15 is 0 Å². The number of nitrogens with zero attached hydrogens (tertiary/aromatic N) is 2. The highest BCUT2D eigenvalue weighted by Gasteiger charge is 2.10. The van der Waals surface area contributed by atoms with E-state index in [1.807, 2.05) is 13.1 Å². The molecule has 0 heterocycles. The van der Waals surface area contributed by atoms with Gasteiger partial charge in [-0.25, -0.2) is 9.38 Å². The number of hydrogen-bond donors (Lipinski definition) is 0. The quantitative estimate of drug-likeness (QED) is 0.584. The Labute approximate surface area is 138 Å². The lowest BCUT2D eigenvalue weighted by atomic mass is 10.0. The van der Waals surface area contributed by atoms with Crippen molar-refractivity contribution in [1.29, 1.82) is 0 Å². The van der Waals surface area contributed by atoms with Gasteiger partial charge in [0.15, 0.2) is 0 Å². The molecule has 0 aromatic heterocycles. The van der Waals surface area contributed by atoms with E-state index in [-0.39, 0.29) is 5.82 Å². The summed E-state index contributed by atoms with van der Waals surface area (Å²) in [6.45, 7) is 7.08. The molecule has 0 spiro atoms. The molecular weight excluding hydrogens is 287 g/mol. The predicted molar refractivity (Wildman–Crippen MR) is 96.2 cm³/mol. The fourth-order valence-electron chi connectivity index (χ4n) is 2.30. The maximum Gasteiger partial charge on any atom is 0.135 e. The average molecular weight is 310 g/mol. The number of hydrogen-bond acceptors (Lipinski definition) is 1. The first-order valence-corrected chi connectivity index (χ1v) is 7.80. The maximum atomic E-state index is 13.7. The van der Waals surface area contributed by atoms with Gasteiger partial charge in [0.25, 0.3) is 0 Å². The number of aryl methyl sites for hydroxylation is 2. The third-order valence-electron chi connectivity index (χ3n) is 3.83. The Morgan fingerprint density at radius 1 is 1.17 bits per heavy atom. The molecule has 0 saturated heterocycles. The fourth-order valence-corrected chi connectivity index (χ4v) is 2.30. The zero-order valence-electron chi connectivity index (χ0n) is 14.2. The van der Waals surface area contributed by atoms with E-state index in [2.05, 4.69) is 48.9 Å². The van der Waals surface area contributed by atoms with Crippen molar-refractivity contribution in [2.45, 2.75) is 20.8 Å². The van der Waals surface area contributed by atoms with Crippen LogP contribution in [0.5, 0.6) is 0 Å². The van der Waals surface area contributed by atoms with Gasteiger partial charge < -0.3 is 4.90 Å². The van der Waals surface area contributed by atoms with E-state index < -0.39 is 0 Å². The first kappa shape index (κ1) is 16.9. The molecule has 2 aromatic carbocycles. The minimum Gasteiger partial charge on any atom is -0.359 e. The lowest BCUT2D eigenvalue weighted by molar-refractivity contribution is 0.536. The summed E-state index contributed by atoms with van der Waals surface area (Å²) in [4.78, 5) is 6.69. The first-order chi connectivity index (χ1) is 11.0. The van der Waals surface area contributed by atoms with E-state index in [0.29, 0.717) is 5.56 Å². The number of halogens is 1. The Morgan fingerprint density at radius 2 is 1.91 bits per heavy atom. The number of rotatable bonds is 4. The minimum absolute atomic E-state index is 0.240. The minimum atomic E-state index is -0.240. The van der Waals surface area contributed by atoms with Crippen LogP contribution in [0.4, 0.5) is 4.39 Å². The molecule has 0 aliphatic carbocycles. The molecule has 23 heavy (non-hydrogen) atoms. The van der Waals surface area contributed by atoms with Crippen molar-refractivity contribution in [3.63, 3.8) is 0 Å². The first-order valence-electron chi connectivity index (χ1n) is 7.80. The molecule has 0 atom stereocenters. The lowest BCUT2D eigenvalue weighted by Gasteiger charge is -2.21. The highest BCUT2D eigenvalue weighted by Crippen LogP contribution is 2.15. The molecular formula is C20H23FN2. The summed E-state index contributed by atoms with van der Waals surface area (Å²) in [5.74, 6) is 0.650. The second-order valence-corrected chi connectivity index (χ2v) is 5.62. The topological polar surface area (TPSA) is 15.6 Å². The number of aliphatic imine (C=N–C) groups is 1. The highest BCUT2D eigenvalue weighted by molar-refractivity contribution is 6.00. The van der Waals surface area contributed by atoms with Crippen LogP contribution in [0.25, 0.3) is 6.08 Å². The van der Waals surface area contributed by atoms with E-state index in [4.69, 9.17) is 0 Å². The zero-order valence-corrected chi connectivity index (χ0v) is 14.2.